The van der Waals surface area contributed by atoms with Crippen molar-refractivity contribution in [2.24, 2.45) is 0 Å². The van der Waals surface area contributed by atoms with Gasteiger partial charge >= 0.3 is 0 Å². The molecule has 3 heteroatoms. The molecule has 1 aliphatic rings. The summed E-state index contributed by atoms with van der Waals surface area (Å²) in [6.45, 7) is 2.58. The number of fused-ring (bicyclic) bond motifs is 1. The predicted molar refractivity (Wildman–Crippen MR) is 77.5 cm³/mol. The Kier molecular flexibility index (Phi) is 2.96. The van der Waals surface area contributed by atoms with Crippen LogP contribution in [0.15, 0.2) is 42.5 Å². The smallest absolute Gasteiger partial charge is 0.130 e. The molecule has 0 aromatic heterocycles. The van der Waals surface area contributed by atoms with Crippen molar-refractivity contribution >= 4 is 22.7 Å². The number of benzene rings is 2. The highest BCUT2D eigenvalue weighted by molar-refractivity contribution is 6.30. The lowest BCUT2D eigenvalue weighted by atomic mass is 9.94. The van der Waals surface area contributed by atoms with Gasteiger partial charge in [-0.2, -0.15) is 0 Å². The summed E-state index contributed by atoms with van der Waals surface area (Å²) in [6, 6.07) is 13.0. The van der Waals surface area contributed by atoms with Gasteiger partial charge in [-0.15, -0.1) is 0 Å². The van der Waals surface area contributed by atoms with E-state index in [1.54, 1.807) is 12.1 Å². The second-order valence-corrected chi connectivity index (χ2v) is 5.02. The Labute approximate surface area is 116 Å². The SMILES string of the molecule is CC1=C(c2ccc(Cl)cc2)COc2cc(O)ccc21. The first-order valence-electron chi connectivity index (χ1n) is 6.07. The van der Waals surface area contributed by atoms with Gasteiger partial charge in [0.25, 0.3) is 0 Å². The predicted octanol–water partition coefficient (Wildman–Crippen LogP) is 4.37. The minimum absolute atomic E-state index is 0.224. The average Bonchev–Trinajstić information content (AvgIpc) is 2.40. The molecular weight excluding hydrogens is 260 g/mol. The molecule has 0 amide bonds. The Morgan fingerprint density at radius 1 is 1.11 bits per heavy atom. The van der Waals surface area contributed by atoms with Crippen molar-refractivity contribution in [1.29, 1.82) is 0 Å². The van der Waals surface area contributed by atoms with E-state index in [1.807, 2.05) is 30.3 Å². The maximum absolute atomic E-state index is 9.48. The molecule has 1 N–H and O–H groups in total. The largest absolute Gasteiger partial charge is 0.508 e. The number of hydrogen-bond donors (Lipinski definition) is 1. The molecule has 0 saturated heterocycles. The zero-order chi connectivity index (χ0) is 13.4. The highest BCUT2D eigenvalue weighted by Gasteiger charge is 2.18. The number of phenolic OH excluding ortho intramolecular Hbond substituents is 1. The Morgan fingerprint density at radius 3 is 2.58 bits per heavy atom. The third kappa shape index (κ3) is 2.20. The van der Waals surface area contributed by atoms with Crippen molar-refractivity contribution < 1.29 is 9.84 Å². The number of halogens is 1. The molecule has 0 spiro atoms. The topological polar surface area (TPSA) is 29.5 Å². The highest BCUT2D eigenvalue weighted by Crippen LogP contribution is 2.38. The first kappa shape index (κ1) is 12.1. The lowest BCUT2D eigenvalue weighted by Crippen LogP contribution is -2.09. The summed E-state index contributed by atoms with van der Waals surface area (Å²) in [5.74, 6) is 0.955. The van der Waals surface area contributed by atoms with Crippen LogP contribution in [0.3, 0.4) is 0 Å². The van der Waals surface area contributed by atoms with Crippen LogP contribution < -0.4 is 4.74 Å². The van der Waals surface area contributed by atoms with Gasteiger partial charge in [-0.1, -0.05) is 23.7 Å². The van der Waals surface area contributed by atoms with Crippen LogP contribution in [-0.2, 0) is 0 Å². The van der Waals surface area contributed by atoms with Crippen molar-refractivity contribution in [1.82, 2.24) is 0 Å². The molecule has 0 bridgehead atoms. The van der Waals surface area contributed by atoms with Crippen LogP contribution in [0.5, 0.6) is 11.5 Å². The van der Waals surface area contributed by atoms with Crippen LogP contribution in [0.4, 0.5) is 0 Å². The molecule has 1 aliphatic heterocycles. The fraction of sp³-hybridized carbons (Fsp3) is 0.125. The third-order valence-corrected chi connectivity index (χ3v) is 3.64. The first-order valence-corrected chi connectivity index (χ1v) is 6.45. The molecule has 0 atom stereocenters. The molecule has 2 nitrogen and oxygen atoms in total. The van der Waals surface area contributed by atoms with Gasteiger partial charge in [-0.25, -0.2) is 0 Å². The molecule has 96 valence electrons. The zero-order valence-electron chi connectivity index (χ0n) is 10.5. The second-order valence-electron chi connectivity index (χ2n) is 4.58. The fourth-order valence-electron chi connectivity index (χ4n) is 2.31. The van der Waals surface area contributed by atoms with Gasteiger partial charge in [0.2, 0.25) is 0 Å². The Morgan fingerprint density at radius 2 is 1.84 bits per heavy atom. The lowest BCUT2D eigenvalue weighted by molar-refractivity contribution is 0.361. The van der Waals surface area contributed by atoms with Crippen LogP contribution >= 0.6 is 11.6 Å². The number of ether oxygens (including phenoxy) is 1. The molecule has 1 heterocycles. The molecule has 0 unspecified atom stereocenters. The number of aromatic hydroxyl groups is 1. The summed E-state index contributed by atoms with van der Waals surface area (Å²) >= 11 is 5.91. The van der Waals surface area contributed by atoms with E-state index in [2.05, 4.69) is 6.92 Å². The number of phenols is 1. The van der Waals surface area contributed by atoms with Gasteiger partial charge in [-0.3, -0.25) is 0 Å². The molecule has 19 heavy (non-hydrogen) atoms. The summed E-state index contributed by atoms with van der Waals surface area (Å²) in [4.78, 5) is 0. The summed E-state index contributed by atoms with van der Waals surface area (Å²) in [5, 5.41) is 10.2. The molecule has 2 aromatic rings. The van der Waals surface area contributed by atoms with Crippen LogP contribution in [-0.4, -0.2) is 11.7 Å². The van der Waals surface area contributed by atoms with Crippen molar-refractivity contribution in [2.45, 2.75) is 6.92 Å². The standard InChI is InChI=1S/C16H13ClO2/c1-10-14-7-6-13(18)8-16(14)19-9-15(10)11-2-4-12(17)5-3-11/h2-8,18H,9H2,1H3. The van der Waals surface area contributed by atoms with Crippen LogP contribution in [0, 0.1) is 0 Å². The van der Waals surface area contributed by atoms with E-state index in [4.69, 9.17) is 16.3 Å². The van der Waals surface area contributed by atoms with E-state index in [1.165, 1.54) is 5.57 Å². The summed E-state index contributed by atoms with van der Waals surface area (Å²) in [5.41, 5.74) is 4.45. The monoisotopic (exact) mass is 272 g/mol. The van der Waals surface area contributed by atoms with Crippen LogP contribution in [0.2, 0.25) is 5.02 Å². The van der Waals surface area contributed by atoms with E-state index in [0.29, 0.717) is 6.61 Å². The van der Waals surface area contributed by atoms with Gasteiger partial charge in [-0.05, 0) is 42.3 Å². The van der Waals surface area contributed by atoms with Crippen LogP contribution in [0.25, 0.3) is 11.1 Å². The van der Waals surface area contributed by atoms with Crippen molar-refractivity contribution in [3.8, 4) is 11.5 Å². The fourth-order valence-corrected chi connectivity index (χ4v) is 2.44. The first-order chi connectivity index (χ1) is 9.15. The molecule has 0 fully saturated rings. The van der Waals surface area contributed by atoms with Crippen molar-refractivity contribution in [3.63, 3.8) is 0 Å². The third-order valence-electron chi connectivity index (χ3n) is 3.39. The summed E-state index contributed by atoms with van der Waals surface area (Å²) in [6.07, 6.45) is 0. The Bertz CT molecular complexity index is 657. The quantitative estimate of drug-likeness (QED) is 0.835. The normalized spacial score (nSPS) is 14.0. The molecule has 0 saturated carbocycles. The summed E-state index contributed by atoms with van der Waals surface area (Å²) in [7, 11) is 0. The number of hydrogen-bond acceptors (Lipinski definition) is 2. The number of rotatable bonds is 1. The Balaban J connectivity index is 2.10. The van der Waals surface area contributed by atoms with Gasteiger partial charge in [0.15, 0.2) is 0 Å². The lowest BCUT2D eigenvalue weighted by Gasteiger charge is -2.22. The van der Waals surface area contributed by atoms with E-state index in [-0.39, 0.29) is 5.75 Å². The molecule has 3 rings (SSSR count). The summed E-state index contributed by atoms with van der Waals surface area (Å²) < 4.78 is 5.72. The maximum Gasteiger partial charge on any atom is 0.130 e. The minimum atomic E-state index is 0.224. The van der Waals surface area contributed by atoms with E-state index < -0.39 is 0 Å². The molecule has 2 aromatic carbocycles. The zero-order valence-corrected chi connectivity index (χ0v) is 11.2. The van der Waals surface area contributed by atoms with Gasteiger partial charge in [0.05, 0.1) is 0 Å². The maximum atomic E-state index is 9.48. The van der Waals surface area contributed by atoms with Crippen LogP contribution in [0.1, 0.15) is 18.1 Å². The van der Waals surface area contributed by atoms with Gasteiger partial charge in [0, 0.05) is 22.2 Å². The van der Waals surface area contributed by atoms with Gasteiger partial charge < -0.3 is 9.84 Å². The average molecular weight is 273 g/mol. The van der Waals surface area contributed by atoms with E-state index in [0.717, 1.165) is 27.5 Å². The number of allylic oxidation sites excluding steroid dienone is 1. The Hall–Kier alpha value is -1.93. The minimum Gasteiger partial charge on any atom is -0.508 e. The van der Waals surface area contributed by atoms with Crippen molar-refractivity contribution in [2.75, 3.05) is 6.61 Å². The van der Waals surface area contributed by atoms with Crippen molar-refractivity contribution in [3.05, 3.63) is 58.6 Å². The van der Waals surface area contributed by atoms with E-state index >= 15 is 0 Å². The highest BCUT2D eigenvalue weighted by atomic mass is 35.5. The molecular formula is C16H13ClO2. The molecule has 0 radical (unpaired) electrons. The van der Waals surface area contributed by atoms with E-state index in [9.17, 15) is 5.11 Å². The second kappa shape index (κ2) is 4.63. The molecule has 0 aliphatic carbocycles. The van der Waals surface area contributed by atoms with Gasteiger partial charge in [0.1, 0.15) is 18.1 Å².